The highest BCUT2D eigenvalue weighted by Gasteiger charge is 2.30. The molecule has 2 aliphatic rings. The third-order valence-electron chi connectivity index (χ3n) is 5.82. The largest absolute Gasteiger partial charge is 0.367 e. The lowest BCUT2D eigenvalue weighted by Crippen LogP contribution is -2.24. The molecular weight excluding hydrogens is 390 g/mol. The number of aromatic nitrogens is 3. The molecule has 6 heteroatoms. The number of thiazole rings is 1. The Morgan fingerprint density at radius 1 is 0.967 bits per heavy atom. The SMILES string of the molecule is c1cc(CN(c2nccs2)C2CC2)cc(-c2ccc3ncnc(NC4CC4)c3c2)c1. The summed E-state index contributed by atoms with van der Waals surface area (Å²) in [6.45, 7) is 0.900. The molecule has 0 aliphatic heterocycles. The van der Waals surface area contributed by atoms with Gasteiger partial charge in [0.25, 0.3) is 0 Å². The number of hydrogen-bond acceptors (Lipinski definition) is 6. The zero-order chi connectivity index (χ0) is 19.9. The number of nitrogens with zero attached hydrogens (tertiary/aromatic N) is 4. The smallest absolute Gasteiger partial charge is 0.185 e. The standard InChI is InChI=1S/C24H23N5S/c1-2-16(14-29(20-7-8-20)24-25-10-11-30-24)12-17(3-1)18-4-9-22-21(13-18)23(27-15-26-22)28-19-5-6-19/h1-4,9-13,15,19-20H,5-8,14H2,(H,26,27,28). The van der Waals surface area contributed by atoms with Crippen LogP contribution in [0.2, 0.25) is 0 Å². The second-order valence-corrected chi connectivity index (χ2v) is 9.12. The molecule has 1 N–H and O–H groups in total. The molecule has 0 spiro atoms. The minimum Gasteiger partial charge on any atom is -0.367 e. The first-order valence-corrected chi connectivity index (χ1v) is 11.5. The number of rotatable bonds is 7. The van der Waals surface area contributed by atoms with Crippen LogP contribution in [0.1, 0.15) is 31.2 Å². The van der Waals surface area contributed by atoms with Crippen molar-refractivity contribution in [3.05, 3.63) is 65.9 Å². The molecule has 5 nitrogen and oxygen atoms in total. The predicted molar refractivity (Wildman–Crippen MR) is 123 cm³/mol. The van der Waals surface area contributed by atoms with Crippen LogP contribution in [0.3, 0.4) is 0 Å². The van der Waals surface area contributed by atoms with Gasteiger partial charge in [0.1, 0.15) is 12.1 Å². The first kappa shape index (κ1) is 17.8. The molecule has 2 aromatic carbocycles. The quantitative estimate of drug-likeness (QED) is 0.434. The van der Waals surface area contributed by atoms with Crippen LogP contribution < -0.4 is 10.2 Å². The summed E-state index contributed by atoms with van der Waals surface area (Å²) in [5.41, 5.74) is 4.72. The van der Waals surface area contributed by atoms with Crippen molar-refractivity contribution < 1.29 is 0 Å². The summed E-state index contributed by atoms with van der Waals surface area (Å²) in [5.74, 6) is 0.948. The Kier molecular flexibility index (Phi) is 4.38. The highest BCUT2D eigenvalue weighted by Crippen LogP contribution is 2.35. The molecule has 0 saturated heterocycles. The zero-order valence-electron chi connectivity index (χ0n) is 16.7. The van der Waals surface area contributed by atoms with Gasteiger partial charge in [0.15, 0.2) is 5.13 Å². The molecule has 0 bridgehead atoms. The first-order chi connectivity index (χ1) is 14.8. The van der Waals surface area contributed by atoms with Gasteiger partial charge in [-0.15, -0.1) is 11.3 Å². The van der Waals surface area contributed by atoms with E-state index in [1.807, 2.05) is 6.20 Å². The Morgan fingerprint density at radius 3 is 2.67 bits per heavy atom. The maximum Gasteiger partial charge on any atom is 0.185 e. The van der Waals surface area contributed by atoms with Crippen molar-refractivity contribution in [2.45, 2.75) is 44.3 Å². The third kappa shape index (κ3) is 3.63. The molecule has 0 radical (unpaired) electrons. The average molecular weight is 414 g/mol. The Balaban J connectivity index is 1.32. The van der Waals surface area contributed by atoms with Gasteiger partial charge < -0.3 is 10.2 Å². The maximum atomic E-state index is 4.55. The van der Waals surface area contributed by atoms with Crippen molar-refractivity contribution in [2.24, 2.45) is 0 Å². The van der Waals surface area contributed by atoms with E-state index in [9.17, 15) is 0 Å². The van der Waals surface area contributed by atoms with Crippen LogP contribution in [0.4, 0.5) is 10.9 Å². The Labute approximate surface area is 179 Å². The van der Waals surface area contributed by atoms with E-state index in [1.165, 1.54) is 42.4 Å². The second-order valence-electron chi connectivity index (χ2n) is 8.25. The maximum absolute atomic E-state index is 4.55. The molecule has 2 aliphatic carbocycles. The molecule has 2 fully saturated rings. The van der Waals surface area contributed by atoms with Crippen molar-refractivity contribution in [3.8, 4) is 11.1 Å². The van der Waals surface area contributed by atoms with Gasteiger partial charge in [-0.3, -0.25) is 0 Å². The molecule has 150 valence electrons. The fourth-order valence-electron chi connectivity index (χ4n) is 3.92. The van der Waals surface area contributed by atoms with Crippen LogP contribution >= 0.6 is 11.3 Å². The Hall–Kier alpha value is -2.99. The molecule has 2 saturated carbocycles. The molecule has 2 aromatic heterocycles. The summed E-state index contributed by atoms with van der Waals surface area (Å²) in [5, 5.41) is 7.83. The lowest BCUT2D eigenvalue weighted by atomic mass is 10.0. The molecule has 0 amide bonds. The van der Waals surface area contributed by atoms with E-state index < -0.39 is 0 Å². The molecule has 30 heavy (non-hydrogen) atoms. The highest BCUT2D eigenvalue weighted by molar-refractivity contribution is 7.13. The highest BCUT2D eigenvalue weighted by atomic mass is 32.1. The first-order valence-electron chi connectivity index (χ1n) is 10.6. The van der Waals surface area contributed by atoms with E-state index in [1.54, 1.807) is 17.7 Å². The Bertz CT molecular complexity index is 1180. The number of anilines is 2. The van der Waals surface area contributed by atoms with Gasteiger partial charge in [0.05, 0.1) is 5.52 Å². The molecular formula is C24H23N5S. The van der Waals surface area contributed by atoms with E-state index in [-0.39, 0.29) is 0 Å². The van der Waals surface area contributed by atoms with E-state index >= 15 is 0 Å². The summed E-state index contributed by atoms with van der Waals surface area (Å²) in [7, 11) is 0. The van der Waals surface area contributed by atoms with Gasteiger partial charge in [-0.2, -0.15) is 0 Å². The van der Waals surface area contributed by atoms with Crippen molar-refractivity contribution >= 4 is 33.2 Å². The van der Waals surface area contributed by atoms with Crippen LogP contribution in [0.15, 0.2) is 60.4 Å². The molecule has 2 heterocycles. The lowest BCUT2D eigenvalue weighted by molar-refractivity contribution is 0.790. The molecule has 6 rings (SSSR count). The minimum atomic E-state index is 0.564. The van der Waals surface area contributed by atoms with Gasteiger partial charge in [-0.1, -0.05) is 24.3 Å². The molecule has 0 atom stereocenters. The van der Waals surface area contributed by atoms with Gasteiger partial charge in [0, 0.05) is 35.6 Å². The fourth-order valence-corrected chi connectivity index (χ4v) is 4.63. The van der Waals surface area contributed by atoms with Crippen LogP contribution in [0, 0.1) is 0 Å². The average Bonchev–Trinajstić information content (AvgIpc) is 3.72. The number of hydrogen-bond donors (Lipinski definition) is 1. The number of nitrogens with one attached hydrogen (secondary N) is 1. The Morgan fingerprint density at radius 2 is 1.87 bits per heavy atom. The third-order valence-corrected chi connectivity index (χ3v) is 6.63. The summed E-state index contributed by atoms with van der Waals surface area (Å²) < 4.78 is 0. The predicted octanol–water partition coefficient (Wildman–Crippen LogP) is 5.50. The normalized spacial score (nSPS) is 16.0. The topological polar surface area (TPSA) is 53.9 Å². The van der Waals surface area contributed by atoms with Gasteiger partial charge in [-0.05, 0) is 60.6 Å². The van der Waals surface area contributed by atoms with Crippen molar-refractivity contribution in [1.29, 1.82) is 0 Å². The van der Waals surface area contributed by atoms with Crippen LogP contribution in [-0.4, -0.2) is 27.0 Å². The van der Waals surface area contributed by atoms with Crippen LogP contribution in [0.25, 0.3) is 22.0 Å². The summed E-state index contributed by atoms with van der Waals surface area (Å²) >= 11 is 1.73. The fraction of sp³-hybridized carbons (Fsp3) is 0.292. The van der Waals surface area contributed by atoms with Crippen molar-refractivity contribution in [1.82, 2.24) is 15.0 Å². The van der Waals surface area contributed by atoms with Crippen molar-refractivity contribution in [2.75, 3.05) is 10.2 Å². The number of benzene rings is 2. The van der Waals surface area contributed by atoms with Crippen molar-refractivity contribution in [3.63, 3.8) is 0 Å². The minimum absolute atomic E-state index is 0.564. The van der Waals surface area contributed by atoms with Gasteiger partial charge in [-0.25, -0.2) is 15.0 Å². The molecule has 4 aromatic rings. The molecule has 0 unspecified atom stereocenters. The monoisotopic (exact) mass is 413 g/mol. The lowest BCUT2D eigenvalue weighted by Gasteiger charge is -2.22. The van der Waals surface area contributed by atoms with E-state index in [2.05, 4.69) is 73.0 Å². The zero-order valence-corrected chi connectivity index (χ0v) is 17.5. The summed E-state index contributed by atoms with van der Waals surface area (Å²) in [4.78, 5) is 16.0. The van der Waals surface area contributed by atoms with E-state index in [0.29, 0.717) is 12.1 Å². The van der Waals surface area contributed by atoms with Gasteiger partial charge in [0.2, 0.25) is 0 Å². The summed E-state index contributed by atoms with van der Waals surface area (Å²) in [6, 6.07) is 16.6. The van der Waals surface area contributed by atoms with E-state index in [0.717, 1.165) is 28.4 Å². The van der Waals surface area contributed by atoms with Gasteiger partial charge >= 0.3 is 0 Å². The van der Waals surface area contributed by atoms with Crippen LogP contribution in [-0.2, 0) is 6.54 Å². The second kappa shape index (κ2) is 7.36. The number of fused-ring (bicyclic) bond motifs is 1. The van der Waals surface area contributed by atoms with Crippen LogP contribution in [0.5, 0.6) is 0 Å². The summed E-state index contributed by atoms with van der Waals surface area (Å²) in [6.07, 6.45) is 8.53. The van der Waals surface area contributed by atoms with E-state index in [4.69, 9.17) is 0 Å².